The molecule has 4 nitrogen and oxygen atoms in total. The highest BCUT2D eigenvalue weighted by Gasteiger charge is 2.18. The van der Waals surface area contributed by atoms with Crippen molar-refractivity contribution in [1.29, 1.82) is 0 Å². The van der Waals surface area contributed by atoms with Crippen molar-refractivity contribution in [2.24, 2.45) is 0 Å². The highest BCUT2D eigenvalue weighted by Crippen LogP contribution is 2.23. The molecule has 1 saturated heterocycles. The number of nitrogens with zero attached hydrogens (tertiary/aromatic N) is 3. The largest absolute Gasteiger partial charge is 0.339 e. The minimum atomic E-state index is 0.127. The van der Waals surface area contributed by atoms with E-state index in [1.165, 1.54) is 12.8 Å². The van der Waals surface area contributed by atoms with Crippen LogP contribution in [0.15, 0.2) is 66.9 Å². The maximum absolute atomic E-state index is 12.9. The Bertz CT molecular complexity index is 877. The van der Waals surface area contributed by atoms with E-state index in [1.54, 1.807) is 6.20 Å². The summed E-state index contributed by atoms with van der Waals surface area (Å²) >= 11 is 0. The van der Waals surface area contributed by atoms with Gasteiger partial charge in [-0.15, -0.1) is 0 Å². The van der Waals surface area contributed by atoms with Crippen LogP contribution in [0.5, 0.6) is 0 Å². The maximum atomic E-state index is 12.9. The first-order valence-electron chi connectivity index (χ1n) is 9.32. The molecule has 2 aromatic carbocycles. The summed E-state index contributed by atoms with van der Waals surface area (Å²) in [5.74, 6) is 0.127. The fourth-order valence-electron chi connectivity index (χ4n) is 3.56. The van der Waals surface area contributed by atoms with Gasteiger partial charge in [0, 0.05) is 24.2 Å². The molecule has 0 N–H and O–H groups in total. The second kappa shape index (κ2) is 7.56. The third kappa shape index (κ3) is 3.40. The van der Waals surface area contributed by atoms with Crippen LogP contribution >= 0.6 is 0 Å². The van der Waals surface area contributed by atoms with Gasteiger partial charge in [0.2, 0.25) is 0 Å². The molecule has 2 heterocycles. The summed E-state index contributed by atoms with van der Waals surface area (Å²) in [6, 6.07) is 20.0. The van der Waals surface area contributed by atoms with Gasteiger partial charge in [-0.2, -0.15) is 5.10 Å². The average molecular weight is 345 g/mol. The molecule has 0 atom stereocenters. The molecule has 132 valence electrons. The summed E-state index contributed by atoms with van der Waals surface area (Å²) in [5.41, 5.74) is 3.77. The number of aromatic nitrogens is 2. The molecule has 0 spiro atoms. The molecule has 0 aliphatic carbocycles. The molecule has 1 aromatic heterocycles. The molecule has 0 radical (unpaired) electrons. The molecule has 26 heavy (non-hydrogen) atoms. The molecule has 4 heteroatoms. The van der Waals surface area contributed by atoms with Gasteiger partial charge in [-0.1, -0.05) is 49.2 Å². The monoisotopic (exact) mass is 345 g/mol. The third-order valence-electron chi connectivity index (χ3n) is 4.94. The zero-order valence-corrected chi connectivity index (χ0v) is 14.8. The number of hydrogen-bond acceptors (Lipinski definition) is 2. The highest BCUT2D eigenvalue weighted by atomic mass is 16.2. The third-order valence-corrected chi connectivity index (χ3v) is 4.94. The Kier molecular flexibility index (Phi) is 4.82. The quantitative estimate of drug-likeness (QED) is 0.698. The number of rotatable bonds is 3. The lowest BCUT2D eigenvalue weighted by molar-refractivity contribution is 0.0761. The Morgan fingerprint density at radius 2 is 1.62 bits per heavy atom. The SMILES string of the molecule is O=C(c1cccc(-n2nccc2-c2ccccc2)c1)N1CCCCCC1. The zero-order valence-electron chi connectivity index (χ0n) is 14.8. The Labute approximate surface area is 154 Å². The van der Waals surface area contributed by atoms with Crippen LogP contribution in [0, 0.1) is 0 Å². The first kappa shape index (κ1) is 16.6. The number of carbonyl (C=O) groups excluding carboxylic acids is 1. The second-order valence-electron chi connectivity index (χ2n) is 6.75. The predicted octanol–water partition coefficient (Wildman–Crippen LogP) is 4.56. The molecule has 0 saturated carbocycles. The molecule has 1 fully saturated rings. The van der Waals surface area contributed by atoms with E-state index in [1.807, 2.05) is 58.1 Å². The van der Waals surface area contributed by atoms with Gasteiger partial charge in [0.1, 0.15) is 0 Å². The minimum Gasteiger partial charge on any atom is -0.339 e. The molecule has 1 aliphatic heterocycles. The van der Waals surface area contributed by atoms with Crippen molar-refractivity contribution < 1.29 is 4.79 Å². The van der Waals surface area contributed by atoms with Crippen LogP contribution in [-0.4, -0.2) is 33.7 Å². The van der Waals surface area contributed by atoms with Crippen LogP contribution in [0.25, 0.3) is 16.9 Å². The van der Waals surface area contributed by atoms with E-state index in [-0.39, 0.29) is 5.91 Å². The molecule has 1 amide bonds. The molecular formula is C22H23N3O. The summed E-state index contributed by atoms with van der Waals surface area (Å²) < 4.78 is 1.90. The van der Waals surface area contributed by atoms with Crippen molar-refractivity contribution in [3.05, 3.63) is 72.4 Å². The summed E-state index contributed by atoms with van der Waals surface area (Å²) in [6.07, 6.45) is 6.44. The number of benzene rings is 2. The predicted molar refractivity (Wildman–Crippen MR) is 103 cm³/mol. The lowest BCUT2D eigenvalue weighted by Gasteiger charge is -2.20. The molecule has 1 aliphatic rings. The van der Waals surface area contributed by atoms with E-state index in [0.29, 0.717) is 0 Å². The lowest BCUT2D eigenvalue weighted by atomic mass is 10.1. The number of likely N-dealkylation sites (tertiary alicyclic amines) is 1. The number of amides is 1. The molecular weight excluding hydrogens is 322 g/mol. The number of hydrogen-bond donors (Lipinski definition) is 0. The van der Waals surface area contributed by atoms with Crippen molar-refractivity contribution in [1.82, 2.24) is 14.7 Å². The van der Waals surface area contributed by atoms with Gasteiger partial charge in [-0.05, 0) is 37.1 Å². The van der Waals surface area contributed by atoms with E-state index >= 15 is 0 Å². The van der Waals surface area contributed by atoms with Gasteiger partial charge < -0.3 is 4.90 Å². The topological polar surface area (TPSA) is 38.1 Å². The summed E-state index contributed by atoms with van der Waals surface area (Å²) in [4.78, 5) is 14.9. The molecule has 3 aromatic rings. The Balaban J connectivity index is 1.65. The van der Waals surface area contributed by atoms with Gasteiger partial charge >= 0.3 is 0 Å². The molecule has 0 unspecified atom stereocenters. The zero-order chi connectivity index (χ0) is 17.8. The van der Waals surface area contributed by atoms with Crippen molar-refractivity contribution in [2.75, 3.05) is 13.1 Å². The normalized spacial score (nSPS) is 14.8. The van der Waals surface area contributed by atoms with E-state index in [2.05, 4.69) is 17.2 Å². The smallest absolute Gasteiger partial charge is 0.253 e. The number of carbonyl (C=O) groups is 1. The van der Waals surface area contributed by atoms with Crippen molar-refractivity contribution in [3.8, 4) is 16.9 Å². The molecule has 4 rings (SSSR count). The summed E-state index contributed by atoms with van der Waals surface area (Å²) in [7, 11) is 0. The minimum absolute atomic E-state index is 0.127. The van der Waals surface area contributed by atoms with E-state index in [4.69, 9.17) is 0 Å². The Morgan fingerprint density at radius 3 is 2.38 bits per heavy atom. The van der Waals surface area contributed by atoms with Crippen LogP contribution in [-0.2, 0) is 0 Å². The maximum Gasteiger partial charge on any atom is 0.253 e. The van der Waals surface area contributed by atoms with Crippen molar-refractivity contribution in [3.63, 3.8) is 0 Å². The average Bonchev–Trinajstić information content (AvgIpc) is 3.03. The van der Waals surface area contributed by atoms with E-state index in [9.17, 15) is 4.79 Å². The van der Waals surface area contributed by atoms with Gasteiger partial charge in [0.05, 0.1) is 17.6 Å². The Hall–Kier alpha value is -2.88. The van der Waals surface area contributed by atoms with Gasteiger partial charge in [0.15, 0.2) is 0 Å². The van der Waals surface area contributed by atoms with Gasteiger partial charge in [0.25, 0.3) is 5.91 Å². The van der Waals surface area contributed by atoms with Gasteiger partial charge in [-0.3, -0.25) is 4.79 Å². The lowest BCUT2D eigenvalue weighted by Crippen LogP contribution is -2.31. The van der Waals surface area contributed by atoms with Crippen LogP contribution in [0.2, 0.25) is 0 Å². The van der Waals surface area contributed by atoms with Crippen LogP contribution in [0.3, 0.4) is 0 Å². The second-order valence-corrected chi connectivity index (χ2v) is 6.75. The van der Waals surface area contributed by atoms with Crippen molar-refractivity contribution in [2.45, 2.75) is 25.7 Å². The van der Waals surface area contributed by atoms with Crippen LogP contribution in [0.4, 0.5) is 0 Å². The first-order chi connectivity index (χ1) is 12.8. The fourth-order valence-corrected chi connectivity index (χ4v) is 3.56. The first-order valence-corrected chi connectivity index (χ1v) is 9.32. The van der Waals surface area contributed by atoms with E-state index in [0.717, 1.165) is 48.4 Å². The van der Waals surface area contributed by atoms with Gasteiger partial charge in [-0.25, -0.2) is 4.68 Å². The summed E-state index contributed by atoms with van der Waals surface area (Å²) in [6.45, 7) is 1.72. The highest BCUT2D eigenvalue weighted by molar-refractivity contribution is 5.94. The fraction of sp³-hybridized carbons (Fsp3) is 0.273. The van der Waals surface area contributed by atoms with E-state index < -0.39 is 0 Å². The van der Waals surface area contributed by atoms with Crippen LogP contribution in [0.1, 0.15) is 36.0 Å². The standard InChI is InChI=1S/C22H23N3O/c26-22(24-15-6-1-2-7-16-24)19-11-8-12-20(17-19)25-21(13-14-23-25)18-9-4-3-5-10-18/h3-5,8-14,17H,1-2,6-7,15-16H2. The molecule has 0 bridgehead atoms. The van der Waals surface area contributed by atoms with Crippen molar-refractivity contribution >= 4 is 5.91 Å². The summed E-state index contributed by atoms with van der Waals surface area (Å²) in [5, 5.41) is 4.48. The Morgan fingerprint density at radius 1 is 0.846 bits per heavy atom. The van der Waals surface area contributed by atoms with Crippen LogP contribution < -0.4 is 0 Å².